The molecule has 6 nitrogen and oxygen atoms in total. The van der Waals surface area contributed by atoms with Crippen LogP contribution in [0.3, 0.4) is 0 Å². The second-order valence-corrected chi connectivity index (χ2v) is 7.05. The van der Waals surface area contributed by atoms with Crippen LogP contribution in [0.4, 0.5) is 0 Å². The minimum absolute atomic E-state index is 0.127. The summed E-state index contributed by atoms with van der Waals surface area (Å²) in [5.41, 5.74) is 1.04. The topological polar surface area (TPSA) is 48.9 Å². The number of hydrogen-bond donors (Lipinski definition) is 0. The lowest BCUT2D eigenvalue weighted by Crippen LogP contribution is -2.52. The second-order valence-electron chi connectivity index (χ2n) is 7.05. The van der Waals surface area contributed by atoms with E-state index in [9.17, 15) is 4.79 Å². The molecule has 0 N–H and O–H groups in total. The summed E-state index contributed by atoms with van der Waals surface area (Å²) in [4.78, 5) is 24.0. The molecule has 2 saturated heterocycles. The zero-order valence-corrected chi connectivity index (χ0v) is 14.4. The molecule has 2 aliphatic heterocycles. The molecule has 1 atom stereocenters. The van der Waals surface area contributed by atoms with Gasteiger partial charge in [-0.25, -0.2) is 4.98 Å². The lowest BCUT2D eigenvalue weighted by molar-refractivity contribution is -0.133. The zero-order valence-electron chi connectivity index (χ0n) is 14.4. The third-order valence-electron chi connectivity index (χ3n) is 5.42. The van der Waals surface area contributed by atoms with Crippen molar-refractivity contribution in [1.29, 1.82) is 0 Å². The van der Waals surface area contributed by atoms with Gasteiger partial charge in [0.15, 0.2) is 0 Å². The van der Waals surface area contributed by atoms with Gasteiger partial charge in [0.1, 0.15) is 0 Å². The van der Waals surface area contributed by atoms with Crippen molar-refractivity contribution in [2.75, 3.05) is 39.8 Å². The Hall–Kier alpha value is -1.66. The number of pyridine rings is 1. The Balaban J connectivity index is 1.29. The van der Waals surface area contributed by atoms with E-state index < -0.39 is 0 Å². The van der Waals surface area contributed by atoms with Gasteiger partial charge in [0.25, 0.3) is 0 Å². The molecular weight excluding hydrogens is 304 g/mol. The maximum Gasteiger partial charge on any atom is 0.240 e. The molecule has 0 bridgehead atoms. The predicted octanol–water partition coefficient (Wildman–Crippen LogP) is 0.971. The van der Waals surface area contributed by atoms with Crippen LogP contribution in [0.15, 0.2) is 18.2 Å². The highest BCUT2D eigenvalue weighted by Gasteiger charge is 2.43. The van der Waals surface area contributed by atoms with Crippen molar-refractivity contribution in [3.8, 4) is 5.88 Å². The van der Waals surface area contributed by atoms with Crippen LogP contribution in [0.25, 0.3) is 0 Å². The van der Waals surface area contributed by atoms with Gasteiger partial charge in [-0.3, -0.25) is 14.6 Å². The number of amides is 1. The highest BCUT2D eigenvalue weighted by atomic mass is 16.5. The molecule has 1 saturated carbocycles. The first-order chi connectivity index (χ1) is 11.7. The summed E-state index contributed by atoms with van der Waals surface area (Å²) in [6, 6.07) is 6.59. The van der Waals surface area contributed by atoms with Gasteiger partial charge in [0.05, 0.1) is 18.8 Å². The van der Waals surface area contributed by atoms with Gasteiger partial charge in [-0.15, -0.1) is 0 Å². The summed E-state index contributed by atoms with van der Waals surface area (Å²) >= 11 is 0. The molecule has 1 unspecified atom stereocenters. The third-order valence-corrected chi connectivity index (χ3v) is 5.42. The van der Waals surface area contributed by atoms with E-state index in [0.717, 1.165) is 51.4 Å². The SMILES string of the molecule is COc1cccc(CN2CCN(C3CCN(C4CC4)C3=O)CC2)n1. The number of hydrogen-bond acceptors (Lipinski definition) is 5. The molecule has 0 spiro atoms. The number of aromatic nitrogens is 1. The van der Waals surface area contributed by atoms with Gasteiger partial charge >= 0.3 is 0 Å². The Morgan fingerprint density at radius 3 is 2.62 bits per heavy atom. The normalized spacial score (nSPS) is 26.1. The number of ether oxygens (including phenoxy) is 1. The smallest absolute Gasteiger partial charge is 0.240 e. The monoisotopic (exact) mass is 330 g/mol. The Bertz CT molecular complexity index is 596. The average Bonchev–Trinajstić information content (AvgIpc) is 3.38. The van der Waals surface area contributed by atoms with E-state index >= 15 is 0 Å². The predicted molar refractivity (Wildman–Crippen MR) is 90.8 cm³/mol. The van der Waals surface area contributed by atoms with Gasteiger partial charge < -0.3 is 9.64 Å². The van der Waals surface area contributed by atoms with E-state index in [1.54, 1.807) is 7.11 Å². The third kappa shape index (κ3) is 3.26. The Kier molecular flexibility index (Phi) is 4.41. The first-order valence-corrected chi connectivity index (χ1v) is 9.01. The van der Waals surface area contributed by atoms with Crippen LogP contribution in [0, 0.1) is 0 Å². The lowest BCUT2D eigenvalue weighted by atomic mass is 10.1. The molecule has 3 fully saturated rings. The van der Waals surface area contributed by atoms with Gasteiger partial charge in [-0.05, 0) is 25.3 Å². The molecule has 1 amide bonds. The van der Waals surface area contributed by atoms with Crippen molar-refractivity contribution in [3.63, 3.8) is 0 Å². The Morgan fingerprint density at radius 2 is 1.92 bits per heavy atom. The fourth-order valence-corrected chi connectivity index (χ4v) is 3.90. The second kappa shape index (κ2) is 6.69. The summed E-state index contributed by atoms with van der Waals surface area (Å²) in [5, 5.41) is 0. The van der Waals surface area contributed by atoms with Crippen LogP contribution in [-0.4, -0.2) is 77.5 Å². The van der Waals surface area contributed by atoms with Crippen LogP contribution in [0.1, 0.15) is 25.0 Å². The number of rotatable bonds is 5. The maximum atomic E-state index is 12.6. The molecule has 0 aromatic carbocycles. The van der Waals surface area contributed by atoms with Crippen molar-refractivity contribution >= 4 is 5.91 Å². The first-order valence-electron chi connectivity index (χ1n) is 9.01. The number of nitrogens with zero attached hydrogens (tertiary/aromatic N) is 4. The molecule has 3 aliphatic rings. The van der Waals surface area contributed by atoms with Crippen LogP contribution >= 0.6 is 0 Å². The van der Waals surface area contributed by atoms with E-state index in [1.165, 1.54) is 12.8 Å². The van der Waals surface area contributed by atoms with Crippen molar-refractivity contribution in [1.82, 2.24) is 19.7 Å². The van der Waals surface area contributed by atoms with Crippen LogP contribution in [0.2, 0.25) is 0 Å². The van der Waals surface area contributed by atoms with Gasteiger partial charge in [0, 0.05) is 51.4 Å². The molecule has 1 aromatic rings. The van der Waals surface area contributed by atoms with E-state index in [1.807, 2.05) is 18.2 Å². The zero-order chi connectivity index (χ0) is 16.5. The largest absolute Gasteiger partial charge is 0.481 e. The van der Waals surface area contributed by atoms with E-state index in [0.29, 0.717) is 17.8 Å². The average molecular weight is 330 g/mol. The summed E-state index contributed by atoms with van der Waals surface area (Å²) in [6.45, 7) is 5.73. The van der Waals surface area contributed by atoms with Gasteiger partial charge in [-0.1, -0.05) is 6.07 Å². The minimum atomic E-state index is 0.127. The molecule has 24 heavy (non-hydrogen) atoms. The quantitative estimate of drug-likeness (QED) is 0.805. The first kappa shape index (κ1) is 15.8. The summed E-state index contributed by atoms with van der Waals surface area (Å²) in [7, 11) is 1.65. The molecule has 1 aromatic heterocycles. The van der Waals surface area contributed by atoms with Crippen LogP contribution in [-0.2, 0) is 11.3 Å². The number of likely N-dealkylation sites (tertiary alicyclic amines) is 1. The highest BCUT2D eigenvalue weighted by molar-refractivity contribution is 5.84. The van der Waals surface area contributed by atoms with Crippen LogP contribution < -0.4 is 4.74 Å². The molecule has 6 heteroatoms. The van der Waals surface area contributed by atoms with Crippen molar-refractivity contribution < 1.29 is 9.53 Å². The van der Waals surface area contributed by atoms with Crippen molar-refractivity contribution in [3.05, 3.63) is 23.9 Å². The molecule has 4 rings (SSSR count). The molecule has 3 heterocycles. The number of carbonyl (C=O) groups is 1. The van der Waals surface area contributed by atoms with E-state index in [-0.39, 0.29) is 6.04 Å². The van der Waals surface area contributed by atoms with Crippen LogP contribution in [0.5, 0.6) is 5.88 Å². The van der Waals surface area contributed by atoms with E-state index in [4.69, 9.17) is 4.74 Å². The maximum absolute atomic E-state index is 12.6. The number of piperazine rings is 1. The Morgan fingerprint density at radius 1 is 1.12 bits per heavy atom. The van der Waals surface area contributed by atoms with E-state index in [2.05, 4.69) is 19.7 Å². The minimum Gasteiger partial charge on any atom is -0.481 e. The summed E-state index contributed by atoms with van der Waals surface area (Å²) < 4.78 is 5.19. The lowest BCUT2D eigenvalue weighted by Gasteiger charge is -2.37. The summed E-state index contributed by atoms with van der Waals surface area (Å²) in [5.74, 6) is 1.04. The Labute approximate surface area is 143 Å². The van der Waals surface area contributed by atoms with Crippen molar-refractivity contribution in [2.45, 2.75) is 37.9 Å². The fourth-order valence-electron chi connectivity index (χ4n) is 3.90. The summed E-state index contributed by atoms with van der Waals surface area (Å²) in [6.07, 6.45) is 3.42. The fraction of sp³-hybridized carbons (Fsp3) is 0.667. The highest BCUT2D eigenvalue weighted by Crippen LogP contribution is 2.32. The molecule has 1 aliphatic carbocycles. The van der Waals surface area contributed by atoms with Gasteiger partial charge in [-0.2, -0.15) is 0 Å². The van der Waals surface area contributed by atoms with Crippen molar-refractivity contribution in [2.24, 2.45) is 0 Å². The van der Waals surface area contributed by atoms with Gasteiger partial charge in [0.2, 0.25) is 11.8 Å². The molecule has 130 valence electrons. The standard InChI is InChI=1S/C18H26N4O2/c1-24-17-4-2-3-14(19-17)13-20-9-11-21(12-10-20)16-7-8-22(18(16)23)15-5-6-15/h2-4,15-16H,5-13H2,1H3. The number of carbonyl (C=O) groups excluding carboxylic acids is 1. The number of methoxy groups -OCH3 is 1. The molecule has 0 radical (unpaired) electrons. The molecular formula is C18H26N4O2.